The highest BCUT2D eigenvalue weighted by atomic mass is 16.6. The second-order valence-corrected chi connectivity index (χ2v) is 3.38. The first-order valence-corrected chi connectivity index (χ1v) is 5.48. The van der Waals surface area contributed by atoms with Crippen molar-refractivity contribution in [1.82, 2.24) is 0 Å². The van der Waals surface area contributed by atoms with Crippen LogP contribution in [0.15, 0.2) is 0 Å². The maximum absolute atomic E-state index is 5.50. The Bertz CT molecular complexity index is 136. The number of methoxy groups -OCH3 is 3. The van der Waals surface area contributed by atoms with E-state index in [-0.39, 0.29) is 12.2 Å². The summed E-state index contributed by atoms with van der Waals surface area (Å²) in [5, 5.41) is 0. The summed E-state index contributed by atoms with van der Waals surface area (Å²) in [6.45, 7) is 4.67. The van der Waals surface area contributed by atoms with Crippen LogP contribution in [-0.2, 0) is 23.7 Å². The van der Waals surface area contributed by atoms with Gasteiger partial charge in [0.2, 0.25) is 0 Å². The molecule has 2 atom stereocenters. The zero-order valence-corrected chi connectivity index (χ0v) is 10.7. The zero-order chi connectivity index (χ0) is 12.2. The van der Waals surface area contributed by atoms with Crippen LogP contribution in [0.5, 0.6) is 0 Å². The summed E-state index contributed by atoms with van der Waals surface area (Å²) in [5.41, 5.74) is 0. The van der Waals surface area contributed by atoms with E-state index in [1.165, 1.54) is 0 Å². The maximum Gasteiger partial charge on any atom is 0.104 e. The summed E-state index contributed by atoms with van der Waals surface area (Å²) in [5.74, 6) is 0. The minimum atomic E-state index is -0.0326. The van der Waals surface area contributed by atoms with Gasteiger partial charge in [0.05, 0.1) is 26.4 Å². The molecule has 0 heterocycles. The molecule has 2 unspecified atom stereocenters. The summed E-state index contributed by atoms with van der Waals surface area (Å²) in [6, 6.07) is 0. The lowest BCUT2D eigenvalue weighted by Crippen LogP contribution is -2.29. The van der Waals surface area contributed by atoms with Gasteiger partial charge in [-0.05, 0) is 6.92 Å². The molecule has 0 aromatic carbocycles. The van der Waals surface area contributed by atoms with E-state index in [1.54, 1.807) is 21.3 Å². The number of hydrogen-bond donors (Lipinski definition) is 0. The number of hydrogen-bond acceptors (Lipinski definition) is 5. The number of rotatable bonds is 11. The summed E-state index contributed by atoms with van der Waals surface area (Å²) in [4.78, 5) is 0. The highest BCUT2D eigenvalue weighted by Gasteiger charge is 2.11. The quantitative estimate of drug-likeness (QED) is 0.529. The molecule has 0 spiro atoms. The molecule has 16 heavy (non-hydrogen) atoms. The fourth-order valence-corrected chi connectivity index (χ4v) is 1.27. The molecule has 5 heteroatoms. The molecule has 5 nitrogen and oxygen atoms in total. The van der Waals surface area contributed by atoms with E-state index in [0.717, 1.165) is 0 Å². The van der Waals surface area contributed by atoms with Crippen LogP contribution in [0.25, 0.3) is 0 Å². The zero-order valence-electron chi connectivity index (χ0n) is 10.7. The molecule has 0 aliphatic carbocycles. The SMILES string of the molecule is CCOC(COC)COCC(COC)OC. The smallest absolute Gasteiger partial charge is 0.104 e. The van der Waals surface area contributed by atoms with Gasteiger partial charge in [0.25, 0.3) is 0 Å². The lowest BCUT2D eigenvalue weighted by Gasteiger charge is -2.19. The Balaban J connectivity index is 3.65. The predicted octanol–water partition coefficient (Wildman–Crippen LogP) is 0.716. The monoisotopic (exact) mass is 236 g/mol. The van der Waals surface area contributed by atoms with E-state index in [2.05, 4.69) is 0 Å². The highest BCUT2D eigenvalue weighted by Crippen LogP contribution is 1.98. The molecule has 0 saturated carbocycles. The van der Waals surface area contributed by atoms with Crippen molar-refractivity contribution in [3.05, 3.63) is 0 Å². The molecule has 98 valence electrons. The molecule has 0 fully saturated rings. The molecule has 0 rings (SSSR count). The van der Waals surface area contributed by atoms with Gasteiger partial charge in [0.15, 0.2) is 0 Å². The first kappa shape index (κ1) is 15.8. The van der Waals surface area contributed by atoms with Crippen molar-refractivity contribution in [2.75, 3.05) is 54.4 Å². The average Bonchev–Trinajstić information content (AvgIpc) is 2.28. The summed E-state index contributed by atoms with van der Waals surface area (Å²) < 4.78 is 26.1. The lowest BCUT2D eigenvalue weighted by atomic mass is 10.4. The van der Waals surface area contributed by atoms with E-state index in [1.807, 2.05) is 6.92 Å². The number of ether oxygens (including phenoxy) is 5. The molecule has 0 aliphatic rings. The van der Waals surface area contributed by atoms with E-state index >= 15 is 0 Å². The molecule has 0 N–H and O–H groups in total. The van der Waals surface area contributed by atoms with Crippen LogP contribution in [0.2, 0.25) is 0 Å². The van der Waals surface area contributed by atoms with E-state index < -0.39 is 0 Å². The molecular weight excluding hydrogens is 212 g/mol. The molecule has 0 amide bonds. The molecule has 0 saturated heterocycles. The van der Waals surface area contributed by atoms with Gasteiger partial charge in [-0.2, -0.15) is 0 Å². The summed E-state index contributed by atoms with van der Waals surface area (Å²) >= 11 is 0. The molecule has 0 radical (unpaired) electrons. The second-order valence-electron chi connectivity index (χ2n) is 3.38. The highest BCUT2D eigenvalue weighted by molar-refractivity contribution is 4.58. The van der Waals surface area contributed by atoms with Gasteiger partial charge in [-0.25, -0.2) is 0 Å². The van der Waals surface area contributed by atoms with Gasteiger partial charge in [0.1, 0.15) is 12.2 Å². The van der Waals surface area contributed by atoms with Crippen LogP contribution in [0.4, 0.5) is 0 Å². The third-order valence-electron chi connectivity index (χ3n) is 2.05. The van der Waals surface area contributed by atoms with Crippen molar-refractivity contribution in [1.29, 1.82) is 0 Å². The van der Waals surface area contributed by atoms with Gasteiger partial charge in [-0.15, -0.1) is 0 Å². The lowest BCUT2D eigenvalue weighted by molar-refractivity contribution is -0.0775. The minimum absolute atomic E-state index is 0.0185. The summed E-state index contributed by atoms with van der Waals surface area (Å²) in [7, 11) is 4.93. The van der Waals surface area contributed by atoms with Crippen molar-refractivity contribution in [2.45, 2.75) is 19.1 Å². The Kier molecular flexibility index (Phi) is 11.1. The van der Waals surface area contributed by atoms with Crippen molar-refractivity contribution in [3.8, 4) is 0 Å². The van der Waals surface area contributed by atoms with Gasteiger partial charge >= 0.3 is 0 Å². The molecular formula is C11H24O5. The average molecular weight is 236 g/mol. The fourth-order valence-electron chi connectivity index (χ4n) is 1.27. The van der Waals surface area contributed by atoms with Crippen molar-refractivity contribution < 1.29 is 23.7 Å². The Morgan fingerprint density at radius 3 is 1.88 bits per heavy atom. The first-order chi connectivity index (χ1) is 7.78. The normalized spacial score (nSPS) is 15.0. The van der Waals surface area contributed by atoms with Crippen LogP contribution in [0.1, 0.15) is 6.92 Å². The Labute approximate surface area is 98.0 Å². The van der Waals surface area contributed by atoms with Crippen LogP contribution in [0.3, 0.4) is 0 Å². The van der Waals surface area contributed by atoms with Crippen molar-refractivity contribution >= 4 is 0 Å². The van der Waals surface area contributed by atoms with Crippen LogP contribution in [0, 0.1) is 0 Å². The Hall–Kier alpha value is -0.200. The Morgan fingerprint density at radius 2 is 1.38 bits per heavy atom. The standard InChI is InChI=1S/C11H24O5/c1-5-16-11(7-13-3)9-15-8-10(14-4)6-12-2/h10-11H,5-9H2,1-4H3. The molecule has 0 aromatic rings. The van der Waals surface area contributed by atoms with Gasteiger partial charge in [0, 0.05) is 27.9 Å². The molecule has 0 bridgehead atoms. The molecule has 0 aliphatic heterocycles. The Morgan fingerprint density at radius 1 is 0.812 bits per heavy atom. The van der Waals surface area contributed by atoms with Crippen LogP contribution >= 0.6 is 0 Å². The summed E-state index contributed by atoms with van der Waals surface area (Å²) in [6.07, 6.45) is -0.0510. The minimum Gasteiger partial charge on any atom is -0.382 e. The van der Waals surface area contributed by atoms with Gasteiger partial charge < -0.3 is 23.7 Å². The van der Waals surface area contributed by atoms with Gasteiger partial charge in [-0.3, -0.25) is 0 Å². The van der Waals surface area contributed by atoms with E-state index in [4.69, 9.17) is 23.7 Å². The van der Waals surface area contributed by atoms with Gasteiger partial charge in [-0.1, -0.05) is 0 Å². The van der Waals surface area contributed by atoms with Crippen molar-refractivity contribution in [3.63, 3.8) is 0 Å². The molecule has 0 aromatic heterocycles. The van der Waals surface area contributed by atoms with Crippen LogP contribution < -0.4 is 0 Å². The van der Waals surface area contributed by atoms with E-state index in [9.17, 15) is 0 Å². The fraction of sp³-hybridized carbons (Fsp3) is 1.00. The third-order valence-corrected chi connectivity index (χ3v) is 2.05. The third kappa shape index (κ3) is 8.01. The topological polar surface area (TPSA) is 46.2 Å². The second kappa shape index (κ2) is 11.3. The predicted molar refractivity (Wildman–Crippen MR) is 60.8 cm³/mol. The largest absolute Gasteiger partial charge is 0.382 e. The first-order valence-electron chi connectivity index (χ1n) is 5.48. The van der Waals surface area contributed by atoms with Crippen LogP contribution in [-0.4, -0.2) is 66.6 Å². The maximum atomic E-state index is 5.50. The van der Waals surface area contributed by atoms with E-state index in [0.29, 0.717) is 33.0 Å². The van der Waals surface area contributed by atoms with Crippen molar-refractivity contribution in [2.24, 2.45) is 0 Å².